The third-order valence-corrected chi connectivity index (χ3v) is 7.01. The van der Waals surface area contributed by atoms with Crippen LogP contribution in [-0.2, 0) is 0 Å². The van der Waals surface area contributed by atoms with Gasteiger partial charge in [0.15, 0.2) is 0 Å². The molecule has 3 aromatic rings. The highest BCUT2D eigenvalue weighted by Gasteiger charge is 2.43. The molecule has 1 fully saturated rings. The highest BCUT2D eigenvalue weighted by atomic mass is 35.5. The Balaban J connectivity index is 1.71. The second-order valence-electron chi connectivity index (χ2n) is 8.44. The first-order valence-electron chi connectivity index (χ1n) is 10.7. The predicted molar refractivity (Wildman–Crippen MR) is 125 cm³/mol. The molecule has 1 aliphatic carbocycles. The van der Waals surface area contributed by atoms with Crippen molar-refractivity contribution in [3.63, 3.8) is 0 Å². The van der Waals surface area contributed by atoms with Gasteiger partial charge in [0.1, 0.15) is 11.6 Å². The molecule has 1 aromatic heterocycles. The number of nitrogens with zero attached hydrogens (tertiary/aromatic N) is 2. The Morgan fingerprint density at radius 2 is 1.71 bits per heavy atom. The Morgan fingerprint density at radius 1 is 0.968 bits per heavy atom. The van der Waals surface area contributed by atoms with Gasteiger partial charge in [0.25, 0.3) is 0 Å². The number of benzene rings is 2. The monoisotopic (exact) mass is 452 g/mol. The van der Waals surface area contributed by atoms with Crippen molar-refractivity contribution in [1.82, 2.24) is 4.98 Å². The smallest absolute Gasteiger partial charge is 0.220 e. The maximum atomic E-state index is 11.9. The summed E-state index contributed by atoms with van der Waals surface area (Å²) < 4.78 is 6.53. The van der Waals surface area contributed by atoms with Gasteiger partial charge >= 0.3 is 0 Å². The number of aromatic nitrogens is 1. The highest BCUT2D eigenvalue weighted by Crippen LogP contribution is 2.49. The first-order chi connectivity index (χ1) is 15.1. The number of fused-ring (bicyclic) bond motifs is 1. The lowest BCUT2D eigenvalue weighted by molar-refractivity contribution is -0.00227. The van der Waals surface area contributed by atoms with Crippen molar-refractivity contribution in [1.29, 1.82) is 0 Å². The average molecular weight is 453 g/mol. The number of hydrogen-bond donors (Lipinski definition) is 0. The molecule has 4 nitrogen and oxygen atoms in total. The molecule has 6 heteroatoms. The lowest BCUT2D eigenvalue weighted by Gasteiger charge is -2.42. The number of pyridine rings is 1. The SMILES string of the molecule is O=NC1CC2(CCCCC2)Oc2nc(-c3ccccc3Cl)c(-c3ccc(Cl)cc3)cc21. The summed E-state index contributed by atoms with van der Waals surface area (Å²) in [6, 6.07) is 16.7. The van der Waals surface area contributed by atoms with Gasteiger partial charge in [-0.2, -0.15) is 4.91 Å². The van der Waals surface area contributed by atoms with Crippen LogP contribution in [0.15, 0.2) is 59.8 Å². The molecule has 1 unspecified atom stereocenters. The van der Waals surface area contributed by atoms with Gasteiger partial charge in [0.05, 0.1) is 5.69 Å². The molecule has 0 amide bonds. The van der Waals surface area contributed by atoms with Crippen LogP contribution in [0.5, 0.6) is 5.88 Å². The van der Waals surface area contributed by atoms with Gasteiger partial charge in [-0.15, -0.1) is 0 Å². The van der Waals surface area contributed by atoms with Crippen LogP contribution in [0.3, 0.4) is 0 Å². The highest BCUT2D eigenvalue weighted by molar-refractivity contribution is 6.33. The molecular formula is C25H22Cl2N2O2. The Bertz CT molecular complexity index is 1120. The van der Waals surface area contributed by atoms with Gasteiger partial charge in [-0.1, -0.05) is 65.1 Å². The van der Waals surface area contributed by atoms with Crippen molar-refractivity contribution in [2.75, 3.05) is 0 Å². The Hall–Kier alpha value is -2.43. The van der Waals surface area contributed by atoms with Crippen molar-refractivity contribution < 1.29 is 4.74 Å². The van der Waals surface area contributed by atoms with Crippen LogP contribution < -0.4 is 4.74 Å². The largest absolute Gasteiger partial charge is 0.471 e. The zero-order valence-electron chi connectivity index (χ0n) is 17.0. The van der Waals surface area contributed by atoms with Gasteiger partial charge in [-0.25, -0.2) is 4.98 Å². The summed E-state index contributed by atoms with van der Waals surface area (Å²) >= 11 is 12.7. The fraction of sp³-hybridized carbons (Fsp3) is 0.320. The van der Waals surface area contributed by atoms with E-state index in [0.29, 0.717) is 22.3 Å². The fourth-order valence-corrected chi connectivity index (χ4v) is 5.20. The standard InChI is InChI=1S/C25H22Cl2N2O2/c26-17-10-8-16(9-11-17)19-14-20-22(29-30)15-25(12-4-1-5-13-25)31-24(20)28-23(19)18-6-2-3-7-21(18)27/h2-3,6-11,14,22H,1,4-5,12-13,15H2. The lowest BCUT2D eigenvalue weighted by atomic mass is 9.77. The van der Waals surface area contributed by atoms with Gasteiger partial charge in [-0.05, 0) is 55.5 Å². The number of ether oxygens (including phenoxy) is 1. The molecule has 1 atom stereocenters. The van der Waals surface area contributed by atoms with Crippen LogP contribution in [0.4, 0.5) is 0 Å². The molecule has 1 spiro atoms. The van der Waals surface area contributed by atoms with Crippen molar-refractivity contribution in [3.05, 3.63) is 75.1 Å². The zero-order valence-corrected chi connectivity index (χ0v) is 18.5. The number of rotatable bonds is 3. The molecule has 0 N–H and O–H groups in total. The van der Waals surface area contributed by atoms with Gasteiger partial charge in [0.2, 0.25) is 5.88 Å². The molecule has 0 radical (unpaired) electrons. The molecule has 5 rings (SSSR count). The maximum Gasteiger partial charge on any atom is 0.220 e. The molecular weight excluding hydrogens is 431 g/mol. The lowest BCUT2D eigenvalue weighted by Crippen LogP contribution is -2.42. The second kappa shape index (κ2) is 8.25. The van der Waals surface area contributed by atoms with Crippen LogP contribution in [-0.4, -0.2) is 10.6 Å². The third-order valence-electron chi connectivity index (χ3n) is 6.43. The molecule has 1 saturated carbocycles. The molecule has 2 aliphatic rings. The van der Waals surface area contributed by atoms with Crippen LogP contribution >= 0.6 is 23.2 Å². The van der Waals surface area contributed by atoms with E-state index in [0.717, 1.165) is 53.6 Å². The maximum absolute atomic E-state index is 11.9. The van der Waals surface area contributed by atoms with Crippen LogP contribution in [0.25, 0.3) is 22.4 Å². The summed E-state index contributed by atoms with van der Waals surface area (Å²) in [7, 11) is 0. The van der Waals surface area contributed by atoms with Gasteiger partial charge < -0.3 is 4.74 Å². The Kier molecular flexibility index (Phi) is 5.45. The average Bonchev–Trinajstić information content (AvgIpc) is 2.79. The van der Waals surface area contributed by atoms with E-state index in [1.807, 2.05) is 54.6 Å². The Morgan fingerprint density at radius 3 is 2.42 bits per heavy atom. The van der Waals surface area contributed by atoms with Crippen LogP contribution in [0.1, 0.15) is 50.1 Å². The van der Waals surface area contributed by atoms with E-state index >= 15 is 0 Å². The second-order valence-corrected chi connectivity index (χ2v) is 9.28. The molecule has 1 aliphatic heterocycles. The third kappa shape index (κ3) is 3.83. The zero-order chi connectivity index (χ0) is 21.4. The van der Waals surface area contributed by atoms with Crippen LogP contribution in [0, 0.1) is 4.91 Å². The molecule has 2 heterocycles. The first-order valence-corrected chi connectivity index (χ1v) is 11.4. The molecule has 0 saturated heterocycles. The molecule has 31 heavy (non-hydrogen) atoms. The molecule has 0 bridgehead atoms. The number of halogens is 2. The van der Waals surface area contributed by atoms with Crippen molar-refractivity contribution >= 4 is 23.2 Å². The van der Waals surface area contributed by atoms with E-state index in [1.54, 1.807) is 0 Å². The minimum Gasteiger partial charge on any atom is -0.471 e. The summed E-state index contributed by atoms with van der Waals surface area (Å²) in [5, 5.41) is 4.76. The summed E-state index contributed by atoms with van der Waals surface area (Å²) in [6.07, 6.45) is 5.87. The van der Waals surface area contributed by atoms with E-state index < -0.39 is 6.04 Å². The summed E-state index contributed by atoms with van der Waals surface area (Å²) in [4.78, 5) is 16.8. The minimum absolute atomic E-state index is 0.351. The van der Waals surface area contributed by atoms with E-state index in [1.165, 1.54) is 6.42 Å². The topological polar surface area (TPSA) is 51.5 Å². The van der Waals surface area contributed by atoms with Gasteiger partial charge in [-0.3, -0.25) is 0 Å². The number of hydrogen-bond acceptors (Lipinski definition) is 4. The van der Waals surface area contributed by atoms with E-state index in [9.17, 15) is 4.91 Å². The summed E-state index contributed by atoms with van der Waals surface area (Å²) in [5.41, 5.74) is 3.75. The van der Waals surface area contributed by atoms with Gasteiger partial charge in [0, 0.05) is 33.2 Å². The predicted octanol–water partition coefficient (Wildman–Crippen LogP) is 8.02. The molecule has 2 aromatic carbocycles. The first kappa shape index (κ1) is 20.5. The summed E-state index contributed by atoms with van der Waals surface area (Å²) in [5.74, 6) is 0.505. The van der Waals surface area contributed by atoms with Crippen molar-refractivity contribution in [2.24, 2.45) is 5.18 Å². The van der Waals surface area contributed by atoms with Crippen molar-refractivity contribution in [2.45, 2.75) is 50.2 Å². The van der Waals surface area contributed by atoms with E-state index in [4.69, 9.17) is 32.9 Å². The minimum atomic E-state index is -0.472. The van der Waals surface area contributed by atoms with Crippen LogP contribution in [0.2, 0.25) is 10.0 Å². The normalized spacial score (nSPS) is 19.5. The Labute approximate surface area is 191 Å². The van der Waals surface area contributed by atoms with E-state index in [2.05, 4.69) is 5.18 Å². The summed E-state index contributed by atoms with van der Waals surface area (Å²) in [6.45, 7) is 0. The number of nitroso groups, excluding NO2 is 1. The molecule has 158 valence electrons. The van der Waals surface area contributed by atoms with Crippen molar-refractivity contribution in [3.8, 4) is 28.3 Å². The fourth-order valence-electron chi connectivity index (χ4n) is 4.85. The quantitative estimate of drug-likeness (QED) is 0.378. The van der Waals surface area contributed by atoms with E-state index in [-0.39, 0.29) is 5.60 Å².